The maximum absolute atomic E-state index is 10.9. The topological polar surface area (TPSA) is 42.0 Å². The molecule has 1 fully saturated rings. The van der Waals surface area contributed by atoms with Crippen molar-refractivity contribution >= 4 is 6.16 Å². The molecule has 0 radical (unpaired) electrons. The fraction of sp³-hybridized carbons (Fsp3) is 0.667. The first-order valence-corrected chi connectivity index (χ1v) is 4.73. The van der Waals surface area contributed by atoms with Crippen molar-refractivity contribution in [1.29, 1.82) is 0 Å². The van der Waals surface area contributed by atoms with Crippen molar-refractivity contribution in [2.45, 2.75) is 6.92 Å². The van der Waals surface area contributed by atoms with E-state index in [1.165, 1.54) is 0 Å². The van der Waals surface area contributed by atoms with Crippen LogP contribution in [0, 0.1) is 0 Å². The zero-order chi connectivity index (χ0) is 10.4. The van der Waals surface area contributed by atoms with Crippen LogP contribution >= 0.6 is 0 Å². The Balaban J connectivity index is 2.21. The van der Waals surface area contributed by atoms with Crippen LogP contribution in [0.2, 0.25) is 0 Å². The summed E-state index contributed by atoms with van der Waals surface area (Å²) in [5.41, 5.74) is 0. The van der Waals surface area contributed by atoms with Gasteiger partial charge in [-0.05, 0) is 6.54 Å². The number of nitrogens with zero attached hydrogens (tertiary/aromatic N) is 2. The van der Waals surface area contributed by atoms with Crippen molar-refractivity contribution in [2.75, 3.05) is 32.7 Å². The molecule has 80 valence electrons. The number of rotatable bonds is 3. The van der Waals surface area contributed by atoms with E-state index in [4.69, 9.17) is 4.84 Å². The van der Waals surface area contributed by atoms with Gasteiger partial charge in [-0.1, -0.05) is 13.5 Å². The average Bonchev–Trinajstić information content (AvgIpc) is 2.19. The molecule has 1 rings (SSSR count). The molecule has 0 saturated carbocycles. The van der Waals surface area contributed by atoms with Gasteiger partial charge in [0, 0.05) is 26.2 Å². The Morgan fingerprint density at radius 2 is 2.07 bits per heavy atom. The van der Waals surface area contributed by atoms with Gasteiger partial charge in [-0.25, -0.2) is 4.79 Å². The fourth-order valence-corrected chi connectivity index (χ4v) is 1.33. The molecule has 0 bridgehead atoms. The SMILES string of the molecule is C=COC(=O)ON1CCN(CC)CC1. The molecule has 5 heteroatoms. The second-order valence-corrected chi connectivity index (χ2v) is 2.99. The lowest BCUT2D eigenvalue weighted by atomic mass is 10.4. The minimum Gasteiger partial charge on any atom is -0.402 e. The number of carbonyl (C=O) groups excluding carboxylic acids is 1. The van der Waals surface area contributed by atoms with Crippen LogP contribution in [-0.2, 0) is 9.57 Å². The molecule has 14 heavy (non-hydrogen) atoms. The Bertz CT molecular complexity index is 200. The Labute approximate surface area is 83.8 Å². The lowest BCUT2D eigenvalue weighted by Gasteiger charge is -2.31. The summed E-state index contributed by atoms with van der Waals surface area (Å²) < 4.78 is 4.45. The highest BCUT2D eigenvalue weighted by molar-refractivity contribution is 5.60. The summed E-state index contributed by atoms with van der Waals surface area (Å²) in [5, 5.41) is 1.61. The predicted octanol–water partition coefficient (Wildman–Crippen LogP) is 0.836. The zero-order valence-corrected chi connectivity index (χ0v) is 8.44. The Morgan fingerprint density at radius 3 is 2.57 bits per heavy atom. The minimum absolute atomic E-state index is 0.718. The van der Waals surface area contributed by atoms with Crippen LogP contribution in [0.4, 0.5) is 4.79 Å². The maximum atomic E-state index is 10.9. The van der Waals surface area contributed by atoms with Crippen molar-refractivity contribution in [3.8, 4) is 0 Å². The quantitative estimate of drug-likeness (QED) is 0.498. The van der Waals surface area contributed by atoms with E-state index in [0.29, 0.717) is 0 Å². The highest BCUT2D eigenvalue weighted by atomic mass is 16.8. The van der Waals surface area contributed by atoms with Crippen LogP contribution in [0.5, 0.6) is 0 Å². The third kappa shape index (κ3) is 3.35. The fourth-order valence-electron chi connectivity index (χ4n) is 1.33. The third-order valence-electron chi connectivity index (χ3n) is 2.16. The number of hydroxylamine groups is 2. The van der Waals surface area contributed by atoms with E-state index in [1.807, 2.05) is 0 Å². The van der Waals surface area contributed by atoms with E-state index in [1.54, 1.807) is 5.06 Å². The van der Waals surface area contributed by atoms with Crippen molar-refractivity contribution in [2.24, 2.45) is 0 Å². The summed E-state index contributed by atoms with van der Waals surface area (Å²) in [5.74, 6) is 0. The molecule has 0 atom stereocenters. The molecule has 5 nitrogen and oxygen atoms in total. The number of hydrogen-bond donors (Lipinski definition) is 0. The van der Waals surface area contributed by atoms with Crippen LogP contribution in [0.25, 0.3) is 0 Å². The number of hydrogen-bond acceptors (Lipinski definition) is 5. The average molecular weight is 200 g/mol. The molecule has 0 spiro atoms. The van der Waals surface area contributed by atoms with E-state index in [0.717, 1.165) is 39.0 Å². The molecule has 0 aromatic carbocycles. The van der Waals surface area contributed by atoms with E-state index in [9.17, 15) is 4.79 Å². The molecular weight excluding hydrogens is 184 g/mol. The van der Waals surface area contributed by atoms with Crippen molar-refractivity contribution < 1.29 is 14.4 Å². The van der Waals surface area contributed by atoms with Crippen LogP contribution in [-0.4, -0.2) is 48.8 Å². The first-order chi connectivity index (χ1) is 6.76. The second kappa shape index (κ2) is 5.62. The van der Waals surface area contributed by atoms with Gasteiger partial charge in [0.25, 0.3) is 0 Å². The molecule has 0 aromatic rings. The summed E-state index contributed by atoms with van der Waals surface area (Å²) in [6, 6.07) is 0. The second-order valence-electron chi connectivity index (χ2n) is 2.99. The summed E-state index contributed by atoms with van der Waals surface area (Å²) in [4.78, 5) is 18.1. The molecule has 1 heterocycles. The molecule has 0 amide bonds. The number of carbonyl (C=O) groups is 1. The predicted molar refractivity (Wildman–Crippen MR) is 51.5 cm³/mol. The summed E-state index contributed by atoms with van der Waals surface area (Å²) >= 11 is 0. The molecule has 0 aromatic heterocycles. The van der Waals surface area contributed by atoms with Crippen LogP contribution in [0.3, 0.4) is 0 Å². The Kier molecular flexibility index (Phi) is 4.42. The number of likely N-dealkylation sites (N-methyl/N-ethyl adjacent to an activating group) is 1. The van der Waals surface area contributed by atoms with Crippen LogP contribution < -0.4 is 0 Å². The van der Waals surface area contributed by atoms with Crippen molar-refractivity contribution in [3.05, 3.63) is 12.8 Å². The van der Waals surface area contributed by atoms with E-state index < -0.39 is 6.16 Å². The van der Waals surface area contributed by atoms with E-state index in [2.05, 4.69) is 23.1 Å². The molecular formula is C9H16N2O3. The molecule has 0 unspecified atom stereocenters. The smallest absolute Gasteiger partial charge is 0.402 e. The van der Waals surface area contributed by atoms with Gasteiger partial charge in [0.05, 0.1) is 6.26 Å². The van der Waals surface area contributed by atoms with Gasteiger partial charge in [-0.2, -0.15) is 0 Å². The van der Waals surface area contributed by atoms with Crippen LogP contribution in [0.1, 0.15) is 6.92 Å². The van der Waals surface area contributed by atoms with Gasteiger partial charge in [-0.3, -0.25) is 0 Å². The molecule has 1 aliphatic heterocycles. The summed E-state index contributed by atoms with van der Waals surface area (Å²) in [6.07, 6.45) is 0.343. The van der Waals surface area contributed by atoms with Gasteiger partial charge in [0.1, 0.15) is 0 Å². The standard InChI is InChI=1S/C9H16N2O3/c1-3-10-5-7-11(8-6-10)14-9(12)13-4-2/h4H,2-3,5-8H2,1H3. The first kappa shape index (κ1) is 11.0. The van der Waals surface area contributed by atoms with Crippen molar-refractivity contribution in [1.82, 2.24) is 9.96 Å². The van der Waals surface area contributed by atoms with Crippen molar-refractivity contribution in [3.63, 3.8) is 0 Å². The zero-order valence-electron chi connectivity index (χ0n) is 8.44. The lowest BCUT2D eigenvalue weighted by molar-refractivity contribution is -0.139. The molecule has 1 saturated heterocycles. The van der Waals surface area contributed by atoms with Gasteiger partial charge >= 0.3 is 6.16 Å². The molecule has 0 aliphatic carbocycles. The van der Waals surface area contributed by atoms with Gasteiger partial charge in [0.2, 0.25) is 0 Å². The molecule has 1 aliphatic rings. The van der Waals surface area contributed by atoms with E-state index in [-0.39, 0.29) is 0 Å². The number of ether oxygens (including phenoxy) is 1. The van der Waals surface area contributed by atoms with Gasteiger partial charge in [-0.15, -0.1) is 5.06 Å². The monoisotopic (exact) mass is 200 g/mol. The summed E-state index contributed by atoms with van der Waals surface area (Å²) in [6.45, 7) is 9.69. The largest absolute Gasteiger partial charge is 0.532 e. The van der Waals surface area contributed by atoms with Crippen LogP contribution in [0.15, 0.2) is 12.8 Å². The Morgan fingerprint density at radius 1 is 1.43 bits per heavy atom. The number of piperazine rings is 1. The van der Waals surface area contributed by atoms with E-state index >= 15 is 0 Å². The molecule has 0 N–H and O–H groups in total. The highest BCUT2D eigenvalue weighted by Crippen LogP contribution is 2.02. The maximum Gasteiger partial charge on any atom is 0.532 e. The normalized spacial score (nSPS) is 18.9. The Hall–Kier alpha value is -1.07. The summed E-state index contributed by atoms with van der Waals surface area (Å²) in [7, 11) is 0. The first-order valence-electron chi connectivity index (χ1n) is 4.73. The van der Waals surface area contributed by atoms with Gasteiger partial charge in [0.15, 0.2) is 0 Å². The highest BCUT2D eigenvalue weighted by Gasteiger charge is 2.19. The van der Waals surface area contributed by atoms with Gasteiger partial charge < -0.3 is 14.5 Å². The third-order valence-corrected chi connectivity index (χ3v) is 2.16. The minimum atomic E-state index is -0.718. The lowest BCUT2D eigenvalue weighted by Crippen LogP contribution is -2.46.